The number of carbonyl (C=O) groups is 3. The second-order valence-electron chi connectivity index (χ2n) is 9.07. The normalized spacial score (nSPS) is 31.3. The number of para-hydroxylation sites is 2. The number of anilines is 1. The highest BCUT2D eigenvalue weighted by Gasteiger charge is 2.67. The smallest absolute Gasteiger partial charge is 0.238 e. The van der Waals surface area contributed by atoms with Gasteiger partial charge in [0, 0.05) is 5.56 Å². The summed E-state index contributed by atoms with van der Waals surface area (Å²) in [6.07, 6.45) is 5.44. The predicted molar refractivity (Wildman–Crippen MR) is 116 cm³/mol. The maximum atomic E-state index is 13.4. The molecule has 7 rings (SSSR count). The van der Waals surface area contributed by atoms with Crippen LogP contribution in [0.2, 0.25) is 0 Å². The maximum absolute atomic E-state index is 13.4. The maximum Gasteiger partial charge on any atom is 0.238 e. The number of nitrogens with zero attached hydrogens (tertiary/aromatic N) is 1. The Bertz CT molecular complexity index is 1120. The number of Topliss-reactive ketones (excluding diaryl/α,β-unsaturated/α-hetero) is 1. The first-order valence-corrected chi connectivity index (χ1v) is 11.0. The van der Waals surface area contributed by atoms with Crippen molar-refractivity contribution in [2.45, 2.75) is 6.42 Å². The van der Waals surface area contributed by atoms with E-state index in [1.165, 1.54) is 4.90 Å². The van der Waals surface area contributed by atoms with Crippen LogP contribution in [0.25, 0.3) is 0 Å². The van der Waals surface area contributed by atoms with Gasteiger partial charge in [0.2, 0.25) is 11.8 Å². The molecule has 0 radical (unpaired) electrons. The SMILES string of the molecule is COc1ccc(C(=O)COc2ccccc2N2C(=O)[C@@H]3[C@H]4C=C[C@H]([C@H]5C[C@H]45)[C@@H]3C2=O)cc1. The van der Waals surface area contributed by atoms with Crippen LogP contribution < -0.4 is 14.4 Å². The minimum absolute atomic E-state index is 0.137. The van der Waals surface area contributed by atoms with Gasteiger partial charge >= 0.3 is 0 Å². The van der Waals surface area contributed by atoms with Gasteiger partial charge in [-0.2, -0.15) is 0 Å². The Morgan fingerprint density at radius 1 is 0.938 bits per heavy atom. The monoisotopic (exact) mass is 429 g/mol. The molecule has 4 aliphatic carbocycles. The van der Waals surface area contributed by atoms with Crippen LogP contribution in [0.3, 0.4) is 0 Å². The van der Waals surface area contributed by atoms with Crippen molar-refractivity contribution in [3.63, 3.8) is 0 Å². The Morgan fingerprint density at radius 2 is 1.56 bits per heavy atom. The molecule has 32 heavy (non-hydrogen) atoms. The van der Waals surface area contributed by atoms with E-state index in [2.05, 4.69) is 12.2 Å². The molecule has 5 aliphatic rings. The van der Waals surface area contributed by atoms with E-state index in [-0.39, 0.29) is 47.9 Å². The third-order valence-electron chi connectivity index (χ3n) is 7.54. The number of rotatable bonds is 6. The predicted octanol–water partition coefficient (Wildman–Crippen LogP) is 3.51. The number of hydrogen-bond acceptors (Lipinski definition) is 5. The van der Waals surface area contributed by atoms with Crippen molar-refractivity contribution in [1.29, 1.82) is 0 Å². The molecule has 2 bridgehead atoms. The van der Waals surface area contributed by atoms with Crippen molar-refractivity contribution >= 4 is 23.3 Å². The van der Waals surface area contributed by atoms with Crippen LogP contribution >= 0.6 is 0 Å². The van der Waals surface area contributed by atoms with E-state index in [0.29, 0.717) is 34.6 Å². The minimum Gasteiger partial charge on any atom is -0.497 e. The Labute approximate surface area is 185 Å². The summed E-state index contributed by atoms with van der Waals surface area (Å²) in [7, 11) is 1.57. The third kappa shape index (κ3) is 2.75. The molecule has 0 aromatic heterocycles. The summed E-state index contributed by atoms with van der Waals surface area (Å²) in [5.41, 5.74) is 0.928. The zero-order chi connectivity index (χ0) is 22.0. The molecule has 0 N–H and O–H groups in total. The van der Waals surface area contributed by atoms with Crippen LogP contribution in [-0.4, -0.2) is 31.3 Å². The Kier molecular flexibility index (Phi) is 4.25. The van der Waals surface area contributed by atoms with E-state index in [9.17, 15) is 14.4 Å². The number of hydrogen-bond donors (Lipinski definition) is 0. The molecule has 2 saturated carbocycles. The van der Waals surface area contributed by atoms with Crippen LogP contribution in [0.1, 0.15) is 16.8 Å². The second kappa shape index (κ2) is 7.05. The molecule has 0 spiro atoms. The standard InChI is InChI=1S/C26H23NO5/c1-31-15-8-6-14(7-9-15)21(28)13-32-22-5-3-2-4-20(22)27-25(29)23-16-10-11-17(19-12-18(16)19)24(23)26(27)30/h2-11,16-19,23-24H,12-13H2,1H3/t16-,17+,18-,19-,23+,24-/m1/s1. The number of imide groups is 1. The molecule has 1 aliphatic heterocycles. The summed E-state index contributed by atoms with van der Waals surface area (Å²) in [5, 5.41) is 0. The van der Waals surface area contributed by atoms with Crippen LogP contribution in [0, 0.1) is 35.5 Å². The second-order valence-corrected chi connectivity index (χ2v) is 9.07. The van der Waals surface area contributed by atoms with Crippen LogP contribution in [-0.2, 0) is 9.59 Å². The molecule has 2 amide bonds. The summed E-state index contributed by atoms with van der Waals surface area (Å²) in [6, 6.07) is 13.8. The number of methoxy groups -OCH3 is 1. The highest BCUT2D eigenvalue weighted by Crippen LogP contribution is 2.65. The molecule has 6 heteroatoms. The lowest BCUT2D eigenvalue weighted by Gasteiger charge is -2.37. The van der Waals surface area contributed by atoms with Gasteiger partial charge in [0.25, 0.3) is 0 Å². The Balaban J connectivity index is 1.24. The zero-order valence-electron chi connectivity index (χ0n) is 17.6. The van der Waals surface area contributed by atoms with Gasteiger partial charge in [-0.1, -0.05) is 24.3 Å². The fourth-order valence-electron chi connectivity index (χ4n) is 5.96. The number of carbonyl (C=O) groups excluding carboxylic acids is 3. The molecule has 0 unspecified atom stereocenters. The van der Waals surface area contributed by atoms with Gasteiger partial charge in [0.1, 0.15) is 11.5 Å². The molecule has 6 atom stereocenters. The van der Waals surface area contributed by atoms with Crippen molar-refractivity contribution in [2.75, 3.05) is 18.6 Å². The molecule has 1 heterocycles. The fraction of sp³-hybridized carbons (Fsp3) is 0.346. The van der Waals surface area contributed by atoms with Gasteiger partial charge in [-0.3, -0.25) is 14.4 Å². The van der Waals surface area contributed by atoms with Crippen LogP contribution in [0.4, 0.5) is 5.69 Å². The van der Waals surface area contributed by atoms with Gasteiger partial charge in [0.05, 0.1) is 24.6 Å². The summed E-state index contributed by atoms with van der Waals surface area (Å²) < 4.78 is 11.0. The number of amides is 2. The summed E-state index contributed by atoms with van der Waals surface area (Å²) in [5.74, 6) is 1.46. The lowest BCUT2D eigenvalue weighted by atomic mass is 9.63. The largest absolute Gasteiger partial charge is 0.497 e. The van der Waals surface area contributed by atoms with Crippen molar-refractivity contribution in [2.24, 2.45) is 35.5 Å². The Hall–Kier alpha value is -3.41. The van der Waals surface area contributed by atoms with Crippen molar-refractivity contribution in [3.8, 4) is 11.5 Å². The quantitative estimate of drug-likeness (QED) is 0.399. The molecule has 162 valence electrons. The van der Waals surface area contributed by atoms with E-state index < -0.39 is 0 Å². The Morgan fingerprint density at radius 3 is 2.19 bits per heavy atom. The molecule has 1 saturated heterocycles. The van der Waals surface area contributed by atoms with E-state index >= 15 is 0 Å². The van der Waals surface area contributed by atoms with Crippen LogP contribution in [0.15, 0.2) is 60.7 Å². The number of ether oxygens (including phenoxy) is 2. The van der Waals surface area contributed by atoms with Gasteiger partial charge in [0.15, 0.2) is 12.4 Å². The first-order valence-electron chi connectivity index (χ1n) is 11.0. The molecule has 6 nitrogen and oxygen atoms in total. The minimum atomic E-state index is -0.268. The van der Waals surface area contributed by atoms with Crippen molar-refractivity contribution in [1.82, 2.24) is 0 Å². The lowest BCUT2D eigenvalue weighted by Crippen LogP contribution is -2.40. The first kappa shape index (κ1) is 19.3. The molecule has 2 aromatic rings. The van der Waals surface area contributed by atoms with Crippen molar-refractivity contribution < 1.29 is 23.9 Å². The van der Waals surface area contributed by atoms with E-state index in [4.69, 9.17) is 9.47 Å². The number of benzene rings is 2. The number of ketones is 1. The zero-order valence-corrected chi connectivity index (χ0v) is 17.6. The summed E-state index contributed by atoms with van der Waals surface area (Å²) in [6.45, 7) is -0.191. The average molecular weight is 429 g/mol. The van der Waals surface area contributed by atoms with Crippen LogP contribution in [0.5, 0.6) is 11.5 Å². The average Bonchev–Trinajstić information content (AvgIpc) is 3.61. The topological polar surface area (TPSA) is 72.9 Å². The fourth-order valence-corrected chi connectivity index (χ4v) is 5.96. The van der Waals surface area contributed by atoms with E-state index in [1.54, 1.807) is 55.6 Å². The van der Waals surface area contributed by atoms with E-state index in [1.807, 2.05) is 0 Å². The highest BCUT2D eigenvalue weighted by atomic mass is 16.5. The van der Waals surface area contributed by atoms with Gasteiger partial charge in [-0.25, -0.2) is 4.90 Å². The molecule has 2 aromatic carbocycles. The lowest BCUT2D eigenvalue weighted by molar-refractivity contribution is -0.124. The van der Waals surface area contributed by atoms with Gasteiger partial charge < -0.3 is 9.47 Å². The number of allylic oxidation sites excluding steroid dienone is 2. The molecular weight excluding hydrogens is 406 g/mol. The molecule has 3 fully saturated rings. The van der Waals surface area contributed by atoms with Gasteiger partial charge in [-0.05, 0) is 66.5 Å². The summed E-state index contributed by atoms with van der Waals surface area (Å²) >= 11 is 0. The van der Waals surface area contributed by atoms with E-state index in [0.717, 1.165) is 6.42 Å². The van der Waals surface area contributed by atoms with Gasteiger partial charge in [-0.15, -0.1) is 0 Å². The molecular formula is C26H23NO5. The first-order chi connectivity index (χ1) is 15.6. The third-order valence-corrected chi connectivity index (χ3v) is 7.54. The summed E-state index contributed by atoms with van der Waals surface area (Å²) in [4.78, 5) is 40.7. The highest BCUT2D eigenvalue weighted by molar-refractivity contribution is 6.23. The van der Waals surface area contributed by atoms with Crippen molar-refractivity contribution in [3.05, 3.63) is 66.2 Å².